The molecule has 0 aliphatic heterocycles. The van der Waals surface area contributed by atoms with Gasteiger partial charge in [-0.2, -0.15) is 0 Å². The molecule has 2 aromatic rings. The van der Waals surface area contributed by atoms with Crippen LogP contribution in [0.25, 0.3) is 0 Å². The predicted molar refractivity (Wildman–Crippen MR) is 74.0 cm³/mol. The van der Waals surface area contributed by atoms with Crippen LogP contribution >= 0.6 is 0 Å². The van der Waals surface area contributed by atoms with Crippen molar-refractivity contribution in [2.24, 2.45) is 0 Å². The Morgan fingerprint density at radius 3 is 2.55 bits per heavy atom. The largest absolute Gasteiger partial charge is 0.477 e. The summed E-state index contributed by atoms with van der Waals surface area (Å²) in [6.07, 6.45) is 4.42. The number of benzene rings is 1. The number of carboxylic acids is 1. The summed E-state index contributed by atoms with van der Waals surface area (Å²) in [5.74, 6) is -1.57. The molecule has 0 aliphatic rings. The third-order valence-corrected chi connectivity index (χ3v) is 3.10. The number of carboxylic acid groups (broad SMARTS) is 1. The molecule has 0 saturated carbocycles. The van der Waals surface area contributed by atoms with Gasteiger partial charge in [-0.25, -0.2) is 9.78 Å². The van der Waals surface area contributed by atoms with E-state index in [4.69, 9.17) is 5.11 Å². The van der Waals surface area contributed by atoms with Crippen LogP contribution in [0.1, 0.15) is 51.9 Å². The van der Waals surface area contributed by atoms with Crippen molar-refractivity contribution in [2.75, 3.05) is 0 Å². The number of rotatable bonds is 6. The van der Waals surface area contributed by atoms with E-state index in [1.165, 1.54) is 11.9 Å². The highest BCUT2D eigenvalue weighted by Gasteiger charge is 2.20. The number of aryl methyl sites for hydroxylation is 1. The van der Waals surface area contributed by atoms with E-state index in [0.29, 0.717) is 5.56 Å². The topological polar surface area (TPSA) is 83.0 Å². The average molecular weight is 272 g/mol. The molecular weight excluding hydrogens is 256 g/mol. The lowest BCUT2D eigenvalue weighted by atomic mass is 10.0. The number of ketones is 1. The van der Waals surface area contributed by atoms with Gasteiger partial charge in [-0.05, 0) is 18.4 Å². The van der Waals surface area contributed by atoms with Gasteiger partial charge >= 0.3 is 5.97 Å². The van der Waals surface area contributed by atoms with Crippen LogP contribution in [0.4, 0.5) is 0 Å². The number of carbonyl (C=O) groups excluding carboxylic acids is 1. The third kappa shape index (κ3) is 2.93. The second-order valence-corrected chi connectivity index (χ2v) is 4.56. The van der Waals surface area contributed by atoms with E-state index in [1.807, 2.05) is 12.1 Å². The van der Waals surface area contributed by atoms with Gasteiger partial charge in [0, 0.05) is 5.56 Å². The number of nitrogens with one attached hydrogen (secondary N) is 1. The zero-order valence-corrected chi connectivity index (χ0v) is 11.2. The lowest BCUT2D eigenvalue weighted by molar-refractivity contribution is 0.0687. The molecule has 0 atom stereocenters. The zero-order chi connectivity index (χ0) is 14.5. The zero-order valence-electron chi connectivity index (χ0n) is 11.2. The molecule has 5 heteroatoms. The lowest BCUT2D eigenvalue weighted by Crippen LogP contribution is -2.09. The molecule has 104 valence electrons. The lowest BCUT2D eigenvalue weighted by Gasteiger charge is -2.02. The minimum Gasteiger partial charge on any atom is -0.477 e. The smallest absolute Gasteiger partial charge is 0.354 e. The highest BCUT2D eigenvalue weighted by Crippen LogP contribution is 2.13. The standard InChI is InChI=1S/C15H16N2O3/c1-2-3-4-10-5-7-11(8-6-10)14(18)12-13(15(19)20)17-9-16-12/h5-9H,2-4H2,1H3,(H,16,17)(H,19,20). The molecule has 5 nitrogen and oxygen atoms in total. The van der Waals surface area contributed by atoms with E-state index in [9.17, 15) is 9.59 Å². The van der Waals surface area contributed by atoms with Crippen molar-refractivity contribution in [2.45, 2.75) is 26.2 Å². The van der Waals surface area contributed by atoms with Gasteiger partial charge in [-0.15, -0.1) is 0 Å². The van der Waals surface area contributed by atoms with E-state index in [2.05, 4.69) is 16.9 Å². The minimum absolute atomic E-state index is 0.0567. The van der Waals surface area contributed by atoms with E-state index < -0.39 is 5.97 Å². The number of aromatic amines is 1. The van der Waals surface area contributed by atoms with Crippen molar-refractivity contribution < 1.29 is 14.7 Å². The number of aromatic carboxylic acids is 1. The van der Waals surface area contributed by atoms with Gasteiger partial charge in [0.2, 0.25) is 5.78 Å². The quantitative estimate of drug-likeness (QED) is 0.792. The number of aromatic nitrogens is 2. The molecular formula is C15H16N2O3. The SMILES string of the molecule is CCCCc1ccc(C(=O)c2nc[nH]c2C(=O)O)cc1. The van der Waals surface area contributed by atoms with Gasteiger partial charge in [0.25, 0.3) is 0 Å². The Morgan fingerprint density at radius 1 is 1.25 bits per heavy atom. The fourth-order valence-electron chi connectivity index (χ4n) is 1.97. The average Bonchev–Trinajstić information content (AvgIpc) is 2.94. The van der Waals surface area contributed by atoms with Crippen LogP contribution in [-0.2, 0) is 6.42 Å². The van der Waals surface area contributed by atoms with Crippen LogP contribution in [-0.4, -0.2) is 26.8 Å². The first-order valence-electron chi connectivity index (χ1n) is 6.53. The highest BCUT2D eigenvalue weighted by molar-refractivity contribution is 6.12. The summed E-state index contributed by atoms with van der Waals surface area (Å²) in [6, 6.07) is 7.23. The number of nitrogens with zero attached hydrogens (tertiary/aromatic N) is 1. The van der Waals surface area contributed by atoms with Crippen molar-refractivity contribution in [3.8, 4) is 0 Å². The molecule has 0 bridgehead atoms. The number of carbonyl (C=O) groups is 2. The maximum atomic E-state index is 12.2. The van der Waals surface area contributed by atoms with Gasteiger partial charge < -0.3 is 10.1 Å². The Labute approximate surface area is 116 Å². The molecule has 20 heavy (non-hydrogen) atoms. The number of hydrogen-bond acceptors (Lipinski definition) is 3. The van der Waals surface area contributed by atoms with Crippen molar-refractivity contribution in [1.29, 1.82) is 0 Å². The normalized spacial score (nSPS) is 10.4. The van der Waals surface area contributed by atoms with Gasteiger partial charge in [-0.3, -0.25) is 4.79 Å². The van der Waals surface area contributed by atoms with Crippen molar-refractivity contribution in [3.05, 3.63) is 53.1 Å². The number of imidazole rings is 1. The first-order valence-corrected chi connectivity index (χ1v) is 6.53. The first kappa shape index (κ1) is 14.0. The summed E-state index contributed by atoms with van der Waals surface area (Å²) in [5, 5.41) is 8.97. The molecule has 1 aromatic carbocycles. The van der Waals surface area contributed by atoms with E-state index in [-0.39, 0.29) is 17.2 Å². The number of H-pyrrole nitrogens is 1. The maximum absolute atomic E-state index is 12.2. The van der Waals surface area contributed by atoms with Gasteiger partial charge in [-0.1, -0.05) is 37.6 Å². The fraction of sp³-hybridized carbons (Fsp3) is 0.267. The van der Waals surface area contributed by atoms with Crippen molar-refractivity contribution in [3.63, 3.8) is 0 Å². The molecule has 2 rings (SSSR count). The Balaban J connectivity index is 2.21. The second kappa shape index (κ2) is 6.14. The molecule has 0 aliphatic carbocycles. The Kier molecular flexibility index (Phi) is 4.30. The molecule has 1 aromatic heterocycles. The second-order valence-electron chi connectivity index (χ2n) is 4.56. The predicted octanol–water partition coefficient (Wildman–Crippen LogP) is 2.68. The molecule has 0 spiro atoms. The summed E-state index contributed by atoms with van der Waals surface area (Å²) in [6.45, 7) is 2.13. The fourth-order valence-corrected chi connectivity index (χ4v) is 1.97. The van der Waals surface area contributed by atoms with Crippen molar-refractivity contribution in [1.82, 2.24) is 9.97 Å². The van der Waals surface area contributed by atoms with Gasteiger partial charge in [0.05, 0.1) is 6.33 Å². The van der Waals surface area contributed by atoms with Crippen LogP contribution < -0.4 is 0 Å². The Bertz CT molecular complexity index is 614. The summed E-state index contributed by atoms with van der Waals surface area (Å²) in [5.41, 5.74) is 1.38. The summed E-state index contributed by atoms with van der Waals surface area (Å²) in [7, 11) is 0. The van der Waals surface area contributed by atoms with Crippen LogP contribution in [0.15, 0.2) is 30.6 Å². The molecule has 2 N–H and O–H groups in total. The van der Waals surface area contributed by atoms with Crippen LogP contribution in [0, 0.1) is 0 Å². The highest BCUT2D eigenvalue weighted by atomic mass is 16.4. The summed E-state index contributed by atoms with van der Waals surface area (Å²) in [4.78, 5) is 29.4. The van der Waals surface area contributed by atoms with E-state index >= 15 is 0 Å². The van der Waals surface area contributed by atoms with Gasteiger partial charge in [0.15, 0.2) is 5.69 Å². The third-order valence-electron chi connectivity index (χ3n) is 3.10. The summed E-state index contributed by atoms with van der Waals surface area (Å²) < 4.78 is 0. The molecule has 0 fully saturated rings. The van der Waals surface area contributed by atoms with Crippen LogP contribution in [0.3, 0.4) is 0 Å². The maximum Gasteiger partial charge on any atom is 0.354 e. The van der Waals surface area contributed by atoms with E-state index in [1.54, 1.807) is 12.1 Å². The Hall–Kier alpha value is -2.43. The number of hydrogen-bond donors (Lipinski definition) is 2. The molecule has 0 saturated heterocycles. The van der Waals surface area contributed by atoms with E-state index in [0.717, 1.165) is 19.3 Å². The molecule has 0 amide bonds. The molecule has 0 unspecified atom stereocenters. The summed E-state index contributed by atoms with van der Waals surface area (Å²) >= 11 is 0. The minimum atomic E-state index is -1.19. The first-order chi connectivity index (χ1) is 9.63. The Morgan fingerprint density at radius 2 is 1.95 bits per heavy atom. The van der Waals surface area contributed by atoms with Crippen LogP contribution in [0.2, 0.25) is 0 Å². The monoisotopic (exact) mass is 272 g/mol. The van der Waals surface area contributed by atoms with Crippen molar-refractivity contribution >= 4 is 11.8 Å². The van der Waals surface area contributed by atoms with Crippen LogP contribution in [0.5, 0.6) is 0 Å². The number of unbranched alkanes of at least 4 members (excludes halogenated alkanes) is 1. The molecule has 1 heterocycles. The van der Waals surface area contributed by atoms with Gasteiger partial charge in [0.1, 0.15) is 5.69 Å². The molecule has 0 radical (unpaired) electrons.